The molecule has 0 aromatic heterocycles. The average molecular weight is 102 g/mol. The molecule has 0 aliphatic rings. The number of hydrogen-bond acceptors (Lipinski definition) is 0. The van der Waals surface area contributed by atoms with Crippen molar-refractivity contribution in [3.8, 4) is 0 Å². The zero-order valence-corrected chi connectivity index (χ0v) is 5.76. The second-order valence-electron chi connectivity index (χ2n) is 1.49. The van der Waals surface area contributed by atoms with Crippen molar-refractivity contribution in [2.24, 2.45) is 0 Å². The Morgan fingerprint density at radius 1 is 1.67 bits per heavy atom. The molecule has 0 aromatic carbocycles. The standard InChI is InChI=1S/C4H12BP/c1-4-6(3)5-2/h5H,4H2,1-3H3. The van der Waals surface area contributed by atoms with Gasteiger partial charge in [0.15, 0.2) is 0 Å². The molecule has 0 aromatic rings. The highest BCUT2D eigenvalue weighted by molar-refractivity contribution is 7.85. The van der Waals surface area contributed by atoms with E-state index in [0.717, 1.165) is 0 Å². The zero-order valence-electron chi connectivity index (χ0n) is 4.86. The van der Waals surface area contributed by atoms with Gasteiger partial charge in [0.05, 0.1) is 0 Å². The third-order valence-electron chi connectivity index (χ3n) is 1.08. The van der Waals surface area contributed by atoms with E-state index in [1.54, 1.807) is 0 Å². The summed E-state index contributed by atoms with van der Waals surface area (Å²) in [5.41, 5.74) is 0. The van der Waals surface area contributed by atoms with Crippen LogP contribution >= 0.6 is 7.80 Å². The molecule has 0 saturated carbocycles. The van der Waals surface area contributed by atoms with E-state index in [1.807, 2.05) is 0 Å². The Morgan fingerprint density at radius 3 is 2.17 bits per heavy atom. The molecule has 0 radical (unpaired) electrons. The van der Waals surface area contributed by atoms with Crippen LogP contribution in [0.25, 0.3) is 0 Å². The van der Waals surface area contributed by atoms with Crippen LogP contribution in [0.1, 0.15) is 6.92 Å². The highest BCUT2D eigenvalue weighted by Crippen LogP contribution is 2.25. The highest BCUT2D eigenvalue weighted by atomic mass is 31.1. The lowest BCUT2D eigenvalue weighted by Crippen LogP contribution is -1.79. The van der Waals surface area contributed by atoms with E-state index in [9.17, 15) is 0 Å². The van der Waals surface area contributed by atoms with Gasteiger partial charge in [0.25, 0.3) is 0 Å². The van der Waals surface area contributed by atoms with Crippen molar-refractivity contribution in [3.05, 3.63) is 0 Å². The SMILES string of the molecule is CBP(C)CC. The van der Waals surface area contributed by atoms with Gasteiger partial charge in [0.2, 0.25) is 0 Å². The van der Waals surface area contributed by atoms with Crippen LogP contribution in [0.5, 0.6) is 0 Å². The topological polar surface area (TPSA) is 0 Å². The summed E-state index contributed by atoms with van der Waals surface area (Å²) in [5, 5.41) is 0. The molecular formula is C4H12BP. The molecule has 0 bridgehead atoms. The van der Waals surface area contributed by atoms with Crippen molar-refractivity contribution in [2.75, 3.05) is 12.8 Å². The predicted molar refractivity (Wildman–Crippen MR) is 36.4 cm³/mol. The van der Waals surface area contributed by atoms with Crippen molar-refractivity contribution in [3.63, 3.8) is 0 Å². The minimum absolute atomic E-state index is 0.424. The summed E-state index contributed by atoms with van der Waals surface area (Å²) in [5.74, 6) is 0. The summed E-state index contributed by atoms with van der Waals surface area (Å²) in [7, 11) is 0.424. The summed E-state index contributed by atoms with van der Waals surface area (Å²) < 4.78 is 0. The summed E-state index contributed by atoms with van der Waals surface area (Å²) in [4.78, 5) is 0. The molecular weight excluding hydrogens is 89.8 g/mol. The minimum Gasteiger partial charge on any atom is -0.148 e. The van der Waals surface area contributed by atoms with Crippen LogP contribution in [0.15, 0.2) is 0 Å². The molecule has 0 saturated heterocycles. The minimum atomic E-state index is 0.424. The molecule has 0 aliphatic heterocycles. The Morgan fingerprint density at radius 2 is 2.17 bits per heavy atom. The van der Waals surface area contributed by atoms with Crippen LogP contribution in [0, 0.1) is 0 Å². The van der Waals surface area contributed by atoms with Gasteiger partial charge in [-0.05, 0) is 6.16 Å². The fourth-order valence-electron chi connectivity index (χ4n) is 0.224. The van der Waals surface area contributed by atoms with Crippen LogP contribution in [0.3, 0.4) is 0 Å². The third-order valence-corrected chi connectivity index (χ3v) is 3.24. The fraction of sp³-hybridized carbons (Fsp3) is 1.00. The van der Waals surface area contributed by atoms with Gasteiger partial charge >= 0.3 is 0 Å². The molecule has 1 atom stereocenters. The molecule has 0 fully saturated rings. The number of hydrogen-bond donors (Lipinski definition) is 0. The molecule has 0 amide bonds. The van der Waals surface area contributed by atoms with E-state index in [2.05, 4.69) is 20.4 Å². The van der Waals surface area contributed by atoms with Gasteiger partial charge in [-0.25, -0.2) is 0 Å². The summed E-state index contributed by atoms with van der Waals surface area (Å²) in [6.45, 7) is 8.26. The molecule has 0 rings (SSSR count). The lowest BCUT2D eigenvalue weighted by Gasteiger charge is -1.99. The summed E-state index contributed by atoms with van der Waals surface area (Å²) >= 11 is 0. The van der Waals surface area contributed by atoms with Crippen molar-refractivity contribution in [1.29, 1.82) is 0 Å². The smallest absolute Gasteiger partial charge is 0.148 e. The Kier molecular flexibility index (Phi) is 3.98. The van der Waals surface area contributed by atoms with Gasteiger partial charge in [-0.2, -0.15) is 0 Å². The molecule has 0 nitrogen and oxygen atoms in total. The van der Waals surface area contributed by atoms with E-state index in [1.165, 1.54) is 13.2 Å². The van der Waals surface area contributed by atoms with Crippen LogP contribution in [-0.4, -0.2) is 19.8 Å². The normalized spacial score (nSPS) is 13.8. The fourth-order valence-corrected chi connectivity index (χ4v) is 0.671. The van der Waals surface area contributed by atoms with Crippen molar-refractivity contribution in [2.45, 2.75) is 13.7 Å². The maximum atomic E-state index is 2.34. The van der Waals surface area contributed by atoms with Crippen LogP contribution in [0.2, 0.25) is 6.82 Å². The zero-order chi connectivity index (χ0) is 4.99. The molecule has 0 spiro atoms. The Hall–Kier alpha value is 0.495. The largest absolute Gasteiger partial charge is 0.149 e. The molecule has 2 heteroatoms. The van der Waals surface area contributed by atoms with E-state index < -0.39 is 0 Å². The maximum absolute atomic E-state index is 2.34. The molecule has 36 valence electrons. The first-order valence-corrected chi connectivity index (χ1v) is 4.65. The van der Waals surface area contributed by atoms with Gasteiger partial charge in [-0.15, -0.1) is 7.80 Å². The van der Waals surface area contributed by atoms with Gasteiger partial charge in [0, 0.05) is 0 Å². The van der Waals surface area contributed by atoms with Gasteiger partial charge in [-0.1, -0.05) is 20.4 Å². The molecule has 0 aliphatic carbocycles. The quantitative estimate of drug-likeness (QED) is 0.366. The van der Waals surface area contributed by atoms with Crippen molar-refractivity contribution < 1.29 is 0 Å². The van der Waals surface area contributed by atoms with Gasteiger partial charge in [0.1, 0.15) is 7.00 Å². The molecule has 1 unspecified atom stereocenters. The number of rotatable bonds is 2. The summed E-state index contributed by atoms with van der Waals surface area (Å²) in [6.07, 6.45) is 1.39. The molecule has 6 heavy (non-hydrogen) atoms. The Balaban J connectivity index is 2.75. The van der Waals surface area contributed by atoms with Crippen LogP contribution in [-0.2, 0) is 0 Å². The van der Waals surface area contributed by atoms with E-state index in [4.69, 9.17) is 0 Å². The van der Waals surface area contributed by atoms with E-state index in [-0.39, 0.29) is 0 Å². The van der Waals surface area contributed by atoms with Crippen LogP contribution in [0.4, 0.5) is 0 Å². The predicted octanol–water partition coefficient (Wildman–Crippen LogP) is 1.52. The first-order valence-electron chi connectivity index (χ1n) is 2.49. The van der Waals surface area contributed by atoms with Crippen molar-refractivity contribution >= 4 is 14.8 Å². The second kappa shape index (κ2) is 3.68. The first kappa shape index (κ1) is 6.49. The lowest BCUT2D eigenvalue weighted by molar-refractivity contribution is 1.51. The monoisotopic (exact) mass is 102 g/mol. The highest BCUT2D eigenvalue weighted by Gasteiger charge is 1.89. The molecule has 0 heterocycles. The summed E-state index contributed by atoms with van der Waals surface area (Å²) in [6, 6.07) is 0. The van der Waals surface area contributed by atoms with Crippen molar-refractivity contribution in [1.82, 2.24) is 0 Å². The Labute approximate surface area is 42.3 Å². The van der Waals surface area contributed by atoms with Crippen LogP contribution < -0.4 is 0 Å². The third kappa shape index (κ3) is 2.72. The first-order chi connectivity index (χ1) is 2.81. The van der Waals surface area contributed by atoms with Gasteiger partial charge in [-0.3, -0.25) is 0 Å². The maximum Gasteiger partial charge on any atom is 0.149 e. The Bertz CT molecular complexity index is 26.7. The van der Waals surface area contributed by atoms with Gasteiger partial charge < -0.3 is 0 Å². The lowest BCUT2D eigenvalue weighted by atomic mass is 10.2. The second-order valence-corrected chi connectivity index (χ2v) is 4.47. The van der Waals surface area contributed by atoms with E-state index >= 15 is 0 Å². The van der Waals surface area contributed by atoms with E-state index in [0.29, 0.717) is 7.80 Å². The average Bonchev–Trinajstić information content (AvgIpc) is 1.65. The molecule has 0 N–H and O–H groups in total.